The van der Waals surface area contributed by atoms with Gasteiger partial charge in [-0.25, -0.2) is 29.3 Å². The van der Waals surface area contributed by atoms with Crippen molar-refractivity contribution in [2.75, 3.05) is 52.9 Å². The van der Waals surface area contributed by atoms with Crippen LogP contribution < -0.4 is 0 Å². The average Bonchev–Trinajstić information content (AvgIpc) is 3.89. The van der Waals surface area contributed by atoms with Gasteiger partial charge in [0.1, 0.15) is 19.3 Å². The lowest BCUT2D eigenvalue weighted by atomic mass is 10.1. The van der Waals surface area contributed by atoms with E-state index in [1.165, 1.54) is 128 Å². The molecule has 45 heavy (non-hydrogen) atoms. The highest BCUT2D eigenvalue weighted by Gasteiger charge is 2.22. The van der Waals surface area contributed by atoms with Gasteiger partial charge >= 0.3 is 0 Å². The third kappa shape index (κ3) is 27.3. The van der Waals surface area contributed by atoms with Gasteiger partial charge in [0.05, 0.1) is 58.0 Å². The highest BCUT2D eigenvalue weighted by atomic mass is 17.2. The zero-order valence-electron chi connectivity index (χ0n) is 28.6. The summed E-state index contributed by atoms with van der Waals surface area (Å²) in [6.07, 6.45) is 31.0. The second-order valence-corrected chi connectivity index (χ2v) is 13.4. The summed E-state index contributed by atoms with van der Waals surface area (Å²) in [5.74, 6) is 0. The van der Waals surface area contributed by atoms with Gasteiger partial charge in [0.2, 0.25) is 0 Å². The van der Waals surface area contributed by atoms with E-state index in [0.717, 1.165) is 45.5 Å². The summed E-state index contributed by atoms with van der Waals surface area (Å²) in [6, 6.07) is 0. The number of hydrogen-bond donors (Lipinski definition) is 0. The number of rotatable bonds is 38. The van der Waals surface area contributed by atoms with E-state index in [9.17, 15) is 0 Å². The Morgan fingerprint density at radius 3 is 0.978 bits per heavy atom. The first-order chi connectivity index (χ1) is 22.4. The van der Waals surface area contributed by atoms with Crippen molar-refractivity contribution in [1.29, 1.82) is 0 Å². The van der Waals surface area contributed by atoms with Crippen molar-refractivity contribution < 1.29 is 43.5 Å². The summed E-state index contributed by atoms with van der Waals surface area (Å²) < 4.78 is 15.8. The Morgan fingerprint density at radius 1 is 0.356 bits per heavy atom. The Morgan fingerprint density at radius 2 is 0.644 bits per heavy atom. The van der Waals surface area contributed by atoms with Crippen LogP contribution in [-0.4, -0.2) is 77.3 Å². The van der Waals surface area contributed by atoms with Crippen LogP contribution in [0, 0.1) is 0 Å². The van der Waals surface area contributed by atoms with E-state index < -0.39 is 6.10 Å². The zero-order valence-corrected chi connectivity index (χ0v) is 28.6. The summed E-state index contributed by atoms with van der Waals surface area (Å²) in [4.78, 5) is 32.9. The van der Waals surface area contributed by atoms with Crippen LogP contribution >= 0.6 is 0 Å². The van der Waals surface area contributed by atoms with E-state index in [4.69, 9.17) is 43.5 Å². The predicted octanol–water partition coefficient (Wildman–Crippen LogP) is 8.76. The van der Waals surface area contributed by atoms with Crippen LogP contribution in [0.1, 0.15) is 154 Å². The molecule has 0 saturated carbocycles. The average molecular weight is 645 g/mol. The van der Waals surface area contributed by atoms with Crippen LogP contribution in [0.4, 0.5) is 0 Å². The Kier molecular flexibility index (Phi) is 24.9. The molecule has 0 aromatic carbocycles. The van der Waals surface area contributed by atoms with Crippen molar-refractivity contribution in [1.82, 2.24) is 0 Å². The Labute approximate surface area is 274 Å². The maximum absolute atomic E-state index is 5.61. The molecule has 9 nitrogen and oxygen atoms in total. The van der Waals surface area contributed by atoms with Gasteiger partial charge in [0, 0.05) is 0 Å². The Bertz CT molecular complexity index is 592. The highest BCUT2D eigenvalue weighted by molar-refractivity contribution is 4.69. The molecule has 0 aromatic rings. The van der Waals surface area contributed by atoms with E-state index >= 15 is 0 Å². The van der Waals surface area contributed by atoms with Gasteiger partial charge in [-0.05, 0) is 38.5 Å². The molecule has 0 aromatic heterocycles. The smallest absolute Gasteiger partial charge is 0.146 e. The number of epoxide rings is 3. The second kappa shape index (κ2) is 28.6. The minimum absolute atomic E-state index is 0.243. The van der Waals surface area contributed by atoms with Gasteiger partial charge in [-0.15, -0.1) is 0 Å². The molecule has 0 N–H and O–H groups in total. The van der Waals surface area contributed by atoms with Crippen LogP contribution in [0.3, 0.4) is 0 Å². The molecule has 3 atom stereocenters. The van der Waals surface area contributed by atoms with E-state index in [1.807, 2.05) is 0 Å². The van der Waals surface area contributed by atoms with E-state index in [0.29, 0.717) is 38.1 Å². The quantitative estimate of drug-likeness (QED) is 0.0283. The summed E-state index contributed by atoms with van der Waals surface area (Å²) in [5, 5.41) is 0. The fourth-order valence-electron chi connectivity index (χ4n) is 5.57. The molecular weight excluding hydrogens is 576 g/mol. The van der Waals surface area contributed by atoms with E-state index in [1.54, 1.807) is 0 Å². The van der Waals surface area contributed by atoms with Crippen molar-refractivity contribution in [2.45, 2.75) is 179 Å². The minimum atomic E-state index is -0.400. The third-order valence-corrected chi connectivity index (χ3v) is 8.85. The fraction of sp³-hybridized carbons (Fsp3) is 1.00. The maximum Gasteiger partial charge on any atom is 0.146 e. The summed E-state index contributed by atoms with van der Waals surface area (Å²) in [6.45, 7) is 5.19. The molecule has 3 aliphatic heterocycles. The normalized spacial score (nSPS) is 20.9. The number of hydrogen-bond acceptors (Lipinski definition) is 9. The molecule has 0 spiro atoms. The first-order valence-corrected chi connectivity index (χ1v) is 19.0. The molecule has 0 bridgehead atoms. The lowest BCUT2D eigenvalue weighted by molar-refractivity contribution is -0.393. The molecule has 3 unspecified atom stereocenters. The highest BCUT2D eigenvalue weighted by Crippen LogP contribution is 2.20. The molecule has 3 aliphatic rings. The van der Waals surface area contributed by atoms with Crippen LogP contribution in [0.2, 0.25) is 0 Å². The van der Waals surface area contributed by atoms with Crippen LogP contribution in [0.15, 0.2) is 0 Å². The van der Waals surface area contributed by atoms with E-state index in [2.05, 4.69) is 0 Å². The van der Waals surface area contributed by atoms with Crippen LogP contribution in [-0.2, 0) is 43.5 Å². The second-order valence-electron chi connectivity index (χ2n) is 13.4. The maximum atomic E-state index is 5.61. The summed E-state index contributed by atoms with van der Waals surface area (Å²) in [5.41, 5.74) is 0. The molecule has 9 heteroatoms. The van der Waals surface area contributed by atoms with Crippen molar-refractivity contribution in [3.8, 4) is 0 Å². The molecule has 3 rings (SSSR count). The topological polar surface area (TPSA) is 93.0 Å². The predicted molar refractivity (Wildman–Crippen MR) is 175 cm³/mol. The van der Waals surface area contributed by atoms with Crippen LogP contribution in [0.25, 0.3) is 0 Å². The molecule has 3 fully saturated rings. The number of ether oxygens (including phenoxy) is 3. The monoisotopic (exact) mass is 644 g/mol. The first kappa shape index (κ1) is 39.1. The van der Waals surface area contributed by atoms with Gasteiger partial charge in [-0.3, -0.25) is 0 Å². The van der Waals surface area contributed by atoms with E-state index in [-0.39, 0.29) is 13.2 Å². The number of unbranched alkanes of at least 4 members (excludes halogenated alkanes) is 18. The molecule has 0 amide bonds. The molecule has 0 radical (unpaired) electrons. The molecular formula is C36H68O9. The standard InChI is InChI=1S/C36H68O9/c1(4-10-16-22-33-28-37-33)7-13-19-25-40-43-31-36(45-42-27-21-15-9-3-6-12-18-24-35-30-39-35)32-44-41-26-20-14-8-2-5-11-17-23-34-29-38-34/h33-36H,1-32H2. The molecule has 3 heterocycles. The van der Waals surface area contributed by atoms with Gasteiger partial charge in [-0.2, -0.15) is 0 Å². The van der Waals surface area contributed by atoms with Crippen molar-refractivity contribution >= 4 is 0 Å². The fourth-order valence-corrected chi connectivity index (χ4v) is 5.57. The largest absolute Gasteiger partial charge is 0.373 e. The van der Waals surface area contributed by atoms with Crippen molar-refractivity contribution in [3.63, 3.8) is 0 Å². The van der Waals surface area contributed by atoms with Gasteiger partial charge in [-0.1, -0.05) is 116 Å². The van der Waals surface area contributed by atoms with Gasteiger partial charge < -0.3 is 14.2 Å². The minimum Gasteiger partial charge on any atom is -0.373 e. The lowest BCUT2D eigenvalue weighted by Crippen LogP contribution is -2.26. The molecule has 3 saturated heterocycles. The lowest BCUT2D eigenvalue weighted by Gasteiger charge is -2.16. The zero-order chi connectivity index (χ0) is 31.3. The summed E-state index contributed by atoms with van der Waals surface area (Å²) in [7, 11) is 0. The van der Waals surface area contributed by atoms with Crippen molar-refractivity contribution in [2.24, 2.45) is 0 Å². The van der Waals surface area contributed by atoms with Crippen molar-refractivity contribution in [3.05, 3.63) is 0 Å². The SMILES string of the molecule is C(CCCCOOCC(COOCCCCCCCCCC1CO1)OOCCCCCCCCCC1CO1)CCCCC1CO1. The third-order valence-electron chi connectivity index (χ3n) is 8.85. The van der Waals surface area contributed by atoms with Gasteiger partial charge in [0.15, 0.2) is 0 Å². The molecule has 0 aliphatic carbocycles. The Balaban J connectivity index is 1.10. The van der Waals surface area contributed by atoms with Gasteiger partial charge in [0.25, 0.3) is 0 Å². The Hall–Kier alpha value is -0.360. The first-order valence-electron chi connectivity index (χ1n) is 19.0. The summed E-state index contributed by atoms with van der Waals surface area (Å²) >= 11 is 0. The molecule has 266 valence electrons. The van der Waals surface area contributed by atoms with Crippen LogP contribution in [0.5, 0.6) is 0 Å².